The minimum atomic E-state index is 1.20. The van der Waals surface area contributed by atoms with Crippen LogP contribution in [0, 0.1) is 13.8 Å². The summed E-state index contributed by atoms with van der Waals surface area (Å²) in [4.78, 5) is 4.18. The molecule has 0 bridgehead atoms. The van der Waals surface area contributed by atoms with Crippen molar-refractivity contribution in [3.63, 3.8) is 0 Å². The van der Waals surface area contributed by atoms with Crippen molar-refractivity contribution in [3.8, 4) is 0 Å². The molecule has 1 aliphatic carbocycles. The second-order valence-electron chi connectivity index (χ2n) is 3.81. The van der Waals surface area contributed by atoms with Crippen molar-refractivity contribution in [2.24, 2.45) is 0 Å². The van der Waals surface area contributed by atoms with E-state index in [1.54, 1.807) is 11.1 Å². The van der Waals surface area contributed by atoms with Gasteiger partial charge in [0.15, 0.2) is 0 Å². The molecule has 0 amide bonds. The average Bonchev–Trinajstić information content (AvgIpc) is 2.94. The van der Waals surface area contributed by atoms with Crippen molar-refractivity contribution in [2.45, 2.75) is 20.3 Å². The van der Waals surface area contributed by atoms with Crippen LogP contribution >= 0.6 is 0 Å². The Hall–Kier alpha value is -1.37. The molecule has 0 spiro atoms. The van der Waals surface area contributed by atoms with Crippen LogP contribution in [-0.2, 0) is 6.42 Å². The fraction of sp³-hybridized carbons (Fsp3) is 0.250. The maximum absolute atomic E-state index is 4.18. The third-order valence-corrected chi connectivity index (χ3v) is 3.13. The van der Waals surface area contributed by atoms with Crippen LogP contribution < -0.4 is 0 Å². The van der Waals surface area contributed by atoms with Gasteiger partial charge < -0.3 is 0 Å². The highest BCUT2D eigenvalue weighted by Gasteiger charge is 2.24. The normalized spacial score (nSPS) is 13.1. The number of fused-ring (bicyclic) bond motifs is 2. The fourth-order valence-corrected chi connectivity index (χ4v) is 2.20. The number of aromatic nitrogens is 1. The maximum atomic E-state index is 4.18. The molecule has 3 rings (SSSR count). The summed E-state index contributed by atoms with van der Waals surface area (Å²) in [5.41, 5.74) is 6.01. The molecule has 1 heteroatoms. The predicted octanol–water partition coefficient (Wildman–Crippen LogP) is 2.76. The molecule has 64 valence electrons. The van der Waals surface area contributed by atoms with E-state index in [1.165, 1.54) is 28.3 Å². The topological polar surface area (TPSA) is 12.9 Å². The highest BCUT2D eigenvalue weighted by molar-refractivity contribution is 5.92. The van der Waals surface area contributed by atoms with Gasteiger partial charge in [-0.15, -0.1) is 0 Å². The van der Waals surface area contributed by atoms with Gasteiger partial charge >= 0.3 is 0 Å². The van der Waals surface area contributed by atoms with Gasteiger partial charge in [0.1, 0.15) is 0 Å². The summed E-state index contributed by atoms with van der Waals surface area (Å²) in [5, 5.41) is 2.71. The zero-order chi connectivity index (χ0) is 9.00. The van der Waals surface area contributed by atoms with Crippen molar-refractivity contribution < 1.29 is 0 Å². The van der Waals surface area contributed by atoms with Gasteiger partial charge in [-0.1, -0.05) is 0 Å². The monoisotopic (exact) mass is 169 g/mol. The number of nitrogens with zero attached hydrogens (tertiary/aromatic N) is 1. The van der Waals surface area contributed by atoms with E-state index in [4.69, 9.17) is 0 Å². The lowest BCUT2D eigenvalue weighted by Crippen LogP contribution is -1.83. The summed E-state index contributed by atoms with van der Waals surface area (Å²) in [7, 11) is 0. The molecule has 1 aromatic carbocycles. The van der Waals surface area contributed by atoms with Crippen LogP contribution in [0.1, 0.15) is 22.3 Å². The summed E-state index contributed by atoms with van der Waals surface area (Å²) >= 11 is 0. The molecule has 13 heavy (non-hydrogen) atoms. The molecule has 1 heterocycles. The molecule has 0 fully saturated rings. The number of rotatable bonds is 0. The standard InChI is InChI=1S/C12H11N/c1-7-9-3-4-13-6-12(9)8(2)11-5-10(7)11/h3-4,6H,5H2,1-2H3. The van der Waals surface area contributed by atoms with E-state index in [0.717, 1.165) is 0 Å². The minimum absolute atomic E-state index is 1.20. The zero-order valence-electron chi connectivity index (χ0n) is 7.89. The van der Waals surface area contributed by atoms with E-state index in [2.05, 4.69) is 24.9 Å². The number of benzene rings is 1. The third kappa shape index (κ3) is 0.791. The molecule has 1 nitrogen and oxygen atoms in total. The van der Waals surface area contributed by atoms with E-state index in [-0.39, 0.29) is 0 Å². The SMILES string of the molecule is Cc1c2c(c(C)c3cnccc13)C2. The first kappa shape index (κ1) is 7.07. The van der Waals surface area contributed by atoms with Crippen molar-refractivity contribution in [1.82, 2.24) is 4.98 Å². The second kappa shape index (κ2) is 2.11. The van der Waals surface area contributed by atoms with Crippen LogP contribution in [0.4, 0.5) is 0 Å². The highest BCUT2D eigenvalue weighted by atomic mass is 14.6. The van der Waals surface area contributed by atoms with Gasteiger partial charge in [-0.05, 0) is 54.0 Å². The third-order valence-electron chi connectivity index (χ3n) is 3.13. The van der Waals surface area contributed by atoms with Crippen molar-refractivity contribution in [3.05, 3.63) is 40.7 Å². The fourth-order valence-electron chi connectivity index (χ4n) is 2.20. The Morgan fingerprint density at radius 3 is 2.54 bits per heavy atom. The minimum Gasteiger partial charge on any atom is -0.264 e. The Morgan fingerprint density at radius 2 is 1.77 bits per heavy atom. The Morgan fingerprint density at radius 1 is 1.08 bits per heavy atom. The van der Waals surface area contributed by atoms with E-state index < -0.39 is 0 Å². The lowest BCUT2D eigenvalue weighted by molar-refractivity contribution is 1.34. The second-order valence-corrected chi connectivity index (χ2v) is 3.81. The Balaban J connectivity index is 2.58. The van der Waals surface area contributed by atoms with E-state index in [0.29, 0.717) is 0 Å². The van der Waals surface area contributed by atoms with Crippen molar-refractivity contribution in [2.75, 3.05) is 0 Å². The summed E-state index contributed by atoms with van der Waals surface area (Å²) in [6.45, 7) is 4.42. The van der Waals surface area contributed by atoms with Crippen molar-refractivity contribution >= 4 is 10.8 Å². The largest absolute Gasteiger partial charge is 0.264 e. The molecule has 0 atom stereocenters. The molecule has 0 unspecified atom stereocenters. The van der Waals surface area contributed by atoms with Gasteiger partial charge in [0.25, 0.3) is 0 Å². The quantitative estimate of drug-likeness (QED) is 0.504. The Labute approximate surface area is 77.4 Å². The maximum Gasteiger partial charge on any atom is 0.0349 e. The van der Waals surface area contributed by atoms with Crippen LogP contribution in [0.25, 0.3) is 10.8 Å². The average molecular weight is 169 g/mol. The van der Waals surface area contributed by atoms with Gasteiger partial charge in [0, 0.05) is 17.8 Å². The number of aryl methyl sites for hydroxylation is 2. The molecular formula is C12H11N. The first-order valence-corrected chi connectivity index (χ1v) is 4.63. The van der Waals surface area contributed by atoms with Gasteiger partial charge in [-0.2, -0.15) is 0 Å². The number of pyridine rings is 1. The molecule has 0 N–H and O–H groups in total. The van der Waals surface area contributed by atoms with Crippen LogP contribution in [-0.4, -0.2) is 4.98 Å². The van der Waals surface area contributed by atoms with Gasteiger partial charge in [0.2, 0.25) is 0 Å². The first-order chi connectivity index (χ1) is 6.29. The van der Waals surface area contributed by atoms with Crippen LogP contribution in [0.15, 0.2) is 18.5 Å². The summed E-state index contributed by atoms with van der Waals surface area (Å²) < 4.78 is 0. The Kier molecular flexibility index (Phi) is 1.15. The van der Waals surface area contributed by atoms with E-state index >= 15 is 0 Å². The van der Waals surface area contributed by atoms with E-state index in [1.807, 2.05) is 12.4 Å². The molecule has 0 aliphatic heterocycles. The summed E-state index contributed by atoms with van der Waals surface area (Å²) in [5.74, 6) is 0. The lowest BCUT2D eigenvalue weighted by atomic mass is 10.0. The van der Waals surface area contributed by atoms with Gasteiger partial charge in [-0.25, -0.2) is 0 Å². The highest BCUT2D eigenvalue weighted by Crippen LogP contribution is 2.39. The number of hydrogen-bond donors (Lipinski definition) is 0. The molecule has 1 aliphatic rings. The smallest absolute Gasteiger partial charge is 0.0349 e. The zero-order valence-corrected chi connectivity index (χ0v) is 7.89. The molecule has 2 aromatic rings. The number of hydrogen-bond acceptors (Lipinski definition) is 1. The van der Waals surface area contributed by atoms with Crippen LogP contribution in [0.5, 0.6) is 0 Å². The van der Waals surface area contributed by atoms with Gasteiger partial charge in [-0.3, -0.25) is 4.98 Å². The molecule has 0 saturated heterocycles. The van der Waals surface area contributed by atoms with Gasteiger partial charge in [0.05, 0.1) is 0 Å². The molecule has 0 saturated carbocycles. The predicted molar refractivity (Wildman–Crippen MR) is 54.0 cm³/mol. The van der Waals surface area contributed by atoms with Crippen LogP contribution in [0.3, 0.4) is 0 Å². The lowest BCUT2D eigenvalue weighted by Gasteiger charge is -2.02. The summed E-state index contributed by atoms with van der Waals surface area (Å²) in [6, 6.07) is 2.12. The van der Waals surface area contributed by atoms with Crippen LogP contribution in [0.2, 0.25) is 0 Å². The summed E-state index contributed by atoms with van der Waals surface area (Å²) in [6.07, 6.45) is 5.06. The first-order valence-electron chi connectivity index (χ1n) is 4.63. The molecular weight excluding hydrogens is 158 g/mol. The molecule has 1 aromatic heterocycles. The van der Waals surface area contributed by atoms with E-state index in [9.17, 15) is 0 Å². The molecule has 0 radical (unpaired) electrons. The Bertz CT molecular complexity index is 466. The van der Waals surface area contributed by atoms with Crippen molar-refractivity contribution in [1.29, 1.82) is 0 Å².